The topological polar surface area (TPSA) is 84.1 Å². The molecule has 1 unspecified atom stereocenters. The Hall–Kier alpha value is -3.96. The first-order chi connectivity index (χ1) is 20.1. The van der Waals surface area contributed by atoms with E-state index in [4.69, 9.17) is 14.2 Å². The molecule has 11 heteroatoms. The van der Waals surface area contributed by atoms with Crippen LogP contribution in [0, 0.1) is 19.7 Å². The molecule has 0 N–H and O–H groups in total. The van der Waals surface area contributed by atoms with Gasteiger partial charge in [0.25, 0.3) is 5.56 Å². The number of methoxy groups -OCH3 is 2. The lowest BCUT2D eigenvalue weighted by Gasteiger charge is -2.26. The molecular formula is C31H29BrFN3O5S. The zero-order chi connectivity index (χ0) is 30.3. The summed E-state index contributed by atoms with van der Waals surface area (Å²) in [7, 11) is 3.06. The van der Waals surface area contributed by atoms with E-state index in [0.29, 0.717) is 36.6 Å². The fourth-order valence-corrected chi connectivity index (χ4v) is 6.80. The first kappa shape index (κ1) is 29.5. The van der Waals surface area contributed by atoms with Gasteiger partial charge in [0.15, 0.2) is 16.3 Å². The quantitative estimate of drug-likeness (QED) is 0.259. The Balaban J connectivity index is 1.73. The number of aromatic nitrogens is 2. The molecule has 5 rings (SSSR count). The molecule has 1 atom stereocenters. The summed E-state index contributed by atoms with van der Waals surface area (Å²) in [5, 5.41) is 0. The van der Waals surface area contributed by atoms with E-state index in [0.717, 1.165) is 22.6 Å². The summed E-state index contributed by atoms with van der Waals surface area (Å²) in [6.45, 7) is 7.54. The van der Waals surface area contributed by atoms with Crippen molar-refractivity contribution in [3.63, 3.8) is 0 Å². The molecule has 2 aromatic heterocycles. The van der Waals surface area contributed by atoms with E-state index in [1.54, 1.807) is 38.1 Å². The minimum Gasteiger partial charge on any atom is -0.493 e. The van der Waals surface area contributed by atoms with E-state index in [1.807, 2.05) is 30.6 Å². The van der Waals surface area contributed by atoms with Crippen LogP contribution in [0.15, 0.2) is 68.0 Å². The second kappa shape index (κ2) is 11.7. The highest BCUT2D eigenvalue weighted by molar-refractivity contribution is 9.10. The number of halogens is 2. The van der Waals surface area contributed by atoms with Crippen molar-refractivity contribution in [1.82, 2.24) is 9.13 Å². The van der Waals surface area contributed by atoms with E-state index in [1.165, 1.54) is 42.3 Å². The maximum atomic E-state index is 14.1. The van der Waals surface area contributed by atoms with Gasteiger partial charge in [-0.3, -0.25) is 9.36 Å². The second-order valence-corrected chi connectivity index (χ2v) is 11.5. The zero-order valence-electron chi connectivity index (χ0n) is 24.0. The molecule has 0 radical (unpaired) electrons. The van der Waals surface area contributed by atoms with E-state index in [2.05, 4.69) is 20.9 Å². The highest BCUT2D eigenvalue weighted by atomic mass is 79.9. The van der Waals surface area contributed by atoms with Crippen molar-refractivity contribution >= 4 is 39.3 Å². The average Bonchev–Trinajstić information content (AvgIpc) is 3.42. The fraction of sp³-hybridized carbons (Fsp3) is 0.258. The molecule has 2 aromatic carbocycles. The molecule has 1 aliphatic heterocycles. The summed E-state index contributed by atoms with van der Waals surface area (Å²) < 4.78 is 34.6. The molecular weight excluding hydrogens is 625 g/mol. The number of nitrogens with zero attached hydrogens (tertiary/aromatic N) is 3. The van der Waals surface area contributed by atoms with Crippen LogP contribution in [0.4, 0.5) is 4.39 Å². The van der Waals surface area contributed by atoms with Crippen molar-refractivity contribution in [2.24, 2.45) is 4.99 Å². The standard InChI is InChI=1S/C31H29BrFN3O5S/c1-7-41-30(38)27-17(3)34-31-36(28(27)22-14-24(39-5)25(40-6)15-23(22)32)29(37)26(42-31)13-19-12-16(2)35(18(19)4)21-10-8-20(33)9-11-21/h8-15,28H,7H2,1-6H3/b26-13+. The molecule has 8 nitrogen and oxygen atoms in total. The van der Waals surface area contributed by atoms with Gasteiger partial charge in [0, 0.05) is 21.5 Å². The predicted molar refractivity (Wildman–Crippen MR) is 163 cm³/mol. The van der Waals surface area contributed by atoms with Crippen LogP contribution < -0.4 is 24.4 Å². The molecule has 218 valence electrons. The minimum atomic E-state index is -0.830. The van der Waals surface area contributed by atoms with E-state index in [9.17, 15) is 14.0 Å². The van der Waals surface area contributed by atoms with Crippen LogP contribution in [-0.2, 0) is 9.53 Å². The van der Waals surface area contributed by atoms with Crippen LogP contribution >= 0.6 is 27.3 Å². The lowest BCUT2D eigenvalue weighted by atomic mass is 9.95. The Labute approximate surface area is 254 Å². The van der Waals surface area contributed by atoms with E-state index >= 15 is 0 Å². The van der Waals surface area contributed by atoms with Gasteiger partial charge in [-0.15, -0.1) is 0 Å². The van der Waals surface area contributed by atoms with Crippen molar-refractivity contribution in [2.45, 2.75) is 33.7 Å². The van der Waals surface area contributed by atoms with Gasteiger partial charge < -0.3 is 18.8 Å². The Morgan fingerprint density at radius 3 is 2.40 bits per heavy atom. The van der Waals surface area contributed by atoms with Gasteiger partial charge in [-0.25, -0.2) is 14.2 Å². The average molecular weight is 655 g/mol. The predicted octanol–water partition coefficient (Wildman–Crippen LogP) is 5.12. The molecule has 0 spiro atoms. The van der Waals surface area contributed by atoms with Crippen LogP contribution in [0.2, 0.25) is 0 Å². The number of carbonyl (C=O) groups excluding carboxylic acids is 1. The summed E-state index contributed by atoms with van der Waals surface area (Å²) in [5.41, 5.74) is 4.53. The number of carbonyl (C=O) groups is 1. The van der Waals surface area contributed by atoms with Crippen LogP contribution in [0.3, 0.4) is 0 Å². The Kier molecular flexibility index (Phi) is 8.25. The molecule has 0 bridgehead atoms. The third-order valence-corrected chi connectivity index (χ3v) is 8.83. The highest BCUT2D eigenvalue weighted by Gasteiger charge is 2.35. The lowest BCUT2D eigenvalue weighted by Crippen LogP contribution is -2.40. The number of allylic oxidation sites excluding steroid dienone is 1. The molecule has 3 heterocycles. The third kappa shape index (κ3) is 5.11. The van der Waals surface area contributed by atoms with Crippen molar-refractivity contribution in [3.05, 3.63) is 106 Å². The molecule has 0 amide bonds. The Morgan fingerprint density at radius 2 is 1.76 bits per heavy atom. The number of benzene rings is 2. The lowest BCUT2D eigenvalue weighted by molar-refractivity contribution is -0.139. The van der Waals surface area contributed by atoms with Crippen LogP contribution in [0.1, 0.15) is 42.4 Å². The number of rotatable bonds is 7. The maximum Gasteiger partial charge on any atom is 0.338 e. The number of thiazole rings is 1. The summed E-state index contributed by atoms with van der Waals surface area (Å²) in [5.74, 6) is 0.0811. The molecule has 4 aromatic rings. The maximum absolute atomic E-state index is 14.1. The number of hydrogen-bond donors (Lipinski definition) is 0. The molecule has 0 aliphatic carbocycles. The van der Waals surface area contributed by atoms with Gasteiger partial charge in [0.1, 0.15) is 5.82 Å². The number of esters is 1. The van der Waals surface area contributed by atoms with Crippen LogP contribution in [0.25, 0.3) is 11.8 Å². The van der Waals surface area contributed by atoms with Gasteiger partial charge in [0.2, 0.25) is 0 Å². The first-order valence-electron chi connectivity index (χ1n) is 13.2. The summed E-state index contributed by atoms with van der Waals surface area (Å²) in [4.78, 5) is 32.5. The van der Waals surface area contributed by atoms with Crippen LogP contribution in [-0.4, -0.2) is 35.9 Å². The Bertz CT molecular complexity index is 1920. The first-order valence-corrected chi connectivity index (χ1v) is 14.8. The second-order valence-electron chi connectivity index (χ2n) is 9.67. The number of fused-ring (bicyclic) bond motifs is 1. The summed E-state index contributed by atoms with van der Waals surface area (Å²) in [6, 6.07) is 10.9. The van der Waals surface area contributed by atoms with Gasteiger partial charge in [-0.2, -0.15) is 0 Å². The van der Waals surface area contributed by atoms with Crippen molar-refractivity contribution in [2.75, 3.05) is 20.8 Å². The van der Waals surface area contributed by atoms with Crippen molar-refractivity contribution < 1.29 is 23.4 Å². The monoisotopic (exact) mass is 653 g/mol. The van der Waals surface area contributed by atoms with Gasteiger partial charge in [-0.05, 0) is 87.4 Å². The number of ether oxygens (including phenoxy) is 3. The van der Waals surface area contributed by atoms with E-state index in [-0.39, 0.29) is 23.6 Å². The number of aryl methyl sites for hydroxylation is 1. The fourth-order valence-electron chi connectivity index (χ4n) is 5.23. The minimum absolute atomic E-state index is 0.170. The SMILES string of the molecule is CCOC(=O)C1=C(C)N=c2s/c(=C/c3cc(C)n(-c4ccc(F)cc4)c3C)c(=O)n2C1c1cc(OC)c(OC)cc1Br. The smallest absolute Gasteiger partial charge is 0.338 e. The summed E-state index contributed by atoms with van der Waals surface area (Å²) >= 11 is 4.86. The largest absolute Gasteiger partial charge is 0.493 e. The van der Waals surface area contributed by atoms with Gasteiger partial charge >= 0.3 is 5.97 Å². The van der Waals surface area contributed by atoms with E-state index < -0.39 is 12.0 Å². The zero-order valence-corrected chi connectivity index (χ0v) is 26.4. The van der Waals surface area contributed by atoms with Gasteiger partial charge in [0.05, 0.1) is 42.7 Å². The third-order valence-electron chi connectivity index (χ3n) is 7.16. The normalized spacial score (nSPS) is 15.0. The Morgan fingerprint density at radius 1 is 1.10 bits per heavy atom. The molecule has 0 saturated heterocycles. The highest BCUT2D eigenvalue weighted by Crippen LogP contribution is 2.40. The molecule has 0 fully saturated rings. The number of hydrogen-bond acceptors (Lipinski definition) is 7. The molecule has 42 heavy (non-hydrogen) atoms. The van der Waals surface area contributed by atoms with Gasteiger partial charge in [-0.1, -0.05) is 27.3 Å². The van der Waals surface area contributed by atoms with Crippen molar-refractivity contribution in [1.29, 1.82) is 0 Å². The van der Waals surface area contributed by atoms with Crippen LogP contribution in [0.5, 0.6) is 11.5 Å². The molecule has 0 saturated carbocycles. The summed E-state index contributed by atoms with van der Waals surface area (Å²) in [6.07, 6.45) is 1.83. The van der Waals surface area contributed by atoms with Crippen molar-refractivity contribution in [3.8, 4) is 17.2 Å². The molecule has 1 aliphatic rings.